The first kappa shape index (κ1) is 11.6. The third-order valence-electron chi connectivity index (χ3n) is 2.05. The van der Waals surface area contributed by atoms with Crippen LogP contribution in [0.4, 0.5) is 5.69 Å². The Labute approximate surface area is 103 Å². The van der Waals surface area contributed by atoms with Gasteiger partial charge in [-0.3, -0.25) is 10.4 Å². The first-order chi connectivity index (χ1) is 8.38. The number of anilines is 1. The summed E-state index contributed by atoms with van der Waals surface area (Å²) in [5.74, 6) is 5.94. The molecule has 1 aromatic heterocycles. The number of thiazole rings is 1. The van der Waals surface area contributed by atoms with Gasteiger partial charge in [0.2, 0.25) is 5.96 Å². The van der Waals surface area contributed by atoms with E-state index in [9.17, 15) is 0 Å². The van der Waals surface area contributed by atoms with Crippen LogP contribution in [-0.4, -0.2) is 10.9 Å². The molecule has 0 spiro atoms. The molecular formula is C11H13N5S. The molecule has 1 heterocycles. The fraction of sp³-hybridized carbons (Fsp3) is 0.0909. The summed E-state index contributed by atoms with van der Waals surface area (Å²) in [6, 6.07) is 9.73. The van der Waals surface area contributed by atoms with Crippen LogP contribution in [0.1, 0.15) is 4.88 Å². The second-order valence-corrected chi connectivity index (χ2v) is 4.24. The van der Waals surface area contributed by atoms with E-state index in [1.165, 1.54) is 0 Å². The molecule has 88 valence electrons. The predicted molar refractivity (Wildman–Crippen MR) is 70.6 cm³/mol. The van der Waals surface area contributed by atoms with Crippen molar-refractivity contribution in [3.8, 4) is 0 Å². The first-order valence-corrected chi connectivity index (χ1v) is 5.97. The largest absolute Gasteiger partial charge is 0.325 e. The van der Waals surface area contributed by atoms with E-state index in [2.05, 4.69) is 20.7 Å². The molecule has 0 saturated heterocycles. The molecule has 0 bridgehead atoms. The monoisotopic (exact) mass is 247 g/mol. The zero-order chi connectivity index (χ0) is 11.9. The Balaban J connectivity index is 1.99. The van der Waals surface area contributed by atoms with Gasteiger partial charge in [-0.1, -0.05) is 18.2 Å². The molecule has 6 heteroatoms. The molecule has 1 aromatic carbocycles. The third kappa shape index (κ3) is 3.54. The summed E-state index contributed by atoms with van der Waals surface area (Å²) < 4.78 is 0. The maximum absolute atomic E-state index is 5.40. The van der Waals surface area contributed by atoms with Gasteiger partial charge < -0.3 is 5.32 Å². The molecule has 0 aliphatic rings. The number of guanidine groups is 1. The summed E-state index contributed by atoms with van der Waals surface area (Å²) in [5, 5.41) is 3.09. The molecular weight excluding hydrogens is 234 g/mol. The Bertz CT molecular complexity index is 466. The zero-order valence-electron chi connectivity index (χ0n) is 9.13. The van der Waals surface area contributed by atoms with Gasteiger partial charge in [0.25, 0.3) is 0 Å². The molecule has 0 unspecified atom stereocenters. The number of para-hydroxylation sites is 1. The molecule has 4 N–H and O–H groups in total. The Hall–Kier alpha value is -1.92. The number of hydrogen-bond acceptors (Lipinski definition) is 4. The van der Waals surface area contributed by atoms with Crippen LogP contribution in [0.15, 0.2) is 47.0 Å². The van der Waals surface area contributed by atoms with Crippen LogP contribution in [0.25, 0.3) is 0 Å². The number of rotatable bonds is 3. The van der Waals surface area contributed by atoms with Crippen molar-refractivity contribution in [1.82, 2.24) is 10.4 Å². The van der Waals surface area contributed by atoms with E-state index in [1.54, 1.807) is 23.0 Å². The van der Waals surface area contributed by atoms with Crippen LogP contribution in [0.3, 0.4) is 0 Å². The highest BCUT2D eigenvalue weighted by molar-refractivity contribution is 7.09. The molecule has 0 fully saturated rings. The molecule has 2 rings (SSSR count). The number of nitrogens with zero attached hydrogens (tertiary/aromatic N) is 2. The minimum absolute atomic E-state index is 0.532. The van der Waals surface area contributed by atoms with Crippen LogP contribution in [-0.2, 0) is 6.54 Å². The van der Waals surface area contributed by atoms with Gasteiger partial charge in [-0.15, -0.1) is 11.3 Å². The summed E-state index contributed by atoms with van der Waals surface area (Å²) in [6.07, 6.45) is 1.80. The van der Waals surface area contributed by atoms with Crippen molar-refractivity contribution >= 4 is 23.0 Å². The van der Waals surface area contributed by atoms with Crippen LogP contribution >= 0.6 is 11.3 Å². The van der Waals surface area contributed by atoms with Crippen molar-refractivity contribution in [1.29, 1.82) is 0 Å². The van der Waals surface area contributed by atoms with Gasteiger partial charge in [0.05, 0.1) is 12.1 Å². The van der Waals surface area contributed by atoms with Gasteiger partial charge in [-0.25, -0.2) is 10.8 Å². The summed E-state index contributed by atoms with van der Waals surface area (Å²) in [7, 11) is 0. The van der Waals surface area contributed by atoms with E-state index >= 15 is 0 Å². The third-order valence-corrected chi connectivity index (χ3v) is 2.81. The van der Waals surface area contributed by atoms with E-state index in [-0.39, 0.29) is 0 Å². The Morgan fingerprint density at radius 1 is 1.35 bits per heavy atom. The van der Waals surface area contributed by atoms with Crippen molar-refractivity contribution in [2.24, 2.45) is 10.8 Å². The van der Waals surface area contributed by atoms with Gasteiger partial charge in [0.15, 0.2) is 0 Å². The van der Waals surface area contributed by atoms with Gasteiger partial charge in [-0.2, -0.15) is 0 Å². The number of aromatic nitrogens is 1. The van der Waals surface area contributed by atoms with Crippen LogP contribution in [0.2, 0.25) is 0 Å². The molecule has 17 heavy (non-hydrogen) atoms. The second kappa shape index (κ2) is 5.97. The molecule has 0 amide bonds. The highest BCUT2D eigenvalue weighted by Gasteiger charge is 1.98. The standard InChI is InChI=1S/C11H13N5S/c12-16-11(14-7-10-6-13-8-17-10)15-9-4-2-1-3-5-9/h1-6,8H,7,12H2,(H2,14,15,16). The maximum Gasteiger partial charge on any atom is 0.210 e. The van der Waals surface area contributed by atoms with E-state index in [0.29, 0.717) is 12.5 Å². The number of aliphatic imine (C=N–C) groups is 1. The summed E-state index contributed by atoms with van der Waals surface area (Å²) in [6.45, 7) is 0.560. The number of nitrogens with one attached hydrogen (secondary N) is 2. The second-order valence-electron chi connectivity index (χ2n) is 3.27. The van der Waals surface area contributed by atoms with Crippen LogP contribution in [0.5, 0.6) is 0 Å². The van der Waals surface area contributed by atoms with Gasteiger partial charge in [-0.05, 0) is 12.1 Å². The van der Waals surface area contributed by atoms with E-state index < -0.39 is 0 Å². The summed E-state index contributed by atoms with van der Waals surface area (Å²) in [4.78, 5) is 9.40. The summed E-state index contributed by atoms with van der Waals surface area (Å²) in [5.41, 5.74) is 5.26. The fourth-order valence-corrected chi connectivity index (χ4v) is 1.77. The van der Waals surface area contributed by atoms with Crippen LogP contribution in [0, 0.1) is 0 Å². The SMILES string of the molecule is NNC(=NCc1cncs1)Nc1ccccc1. The smallest absolute Gasteiger partial charge is 0.210 e. The van der Waals surface area contributed by atoms with Crippen LogP contribution < -0.4 is 16.6 Å². The highest BCUT2D eigenvalue weighted by atomic mass is 32.1. The number of benzene rings is 1. The average Bonchev–Trinajstić information content (AvgIpc) is 2.89. The zero-order valence-corrected chi connectivity index (χ0v) is 9.95. The lowest BCUT2D eigenvalue weighted by molar-refractivity contribution is 0.975. The Morgan fingerprint density at radius 3 is 2.82 bits per heavy atom. The minimum Gasteiger partial charge on any atom is -0.325 e. The molecule has 0 aliphatic heterocycles. The first-order valence-electron chi connectivity index (χ1n) is 5.09. The Morgan fingerprint density at radius 2 is 2.18 bits per heavy atom. The lowest BCUT2D eigenvalue weighted by Crippen LogP contribution is -2.36. The molecule has 2 aromatic rings. The van der Waals surface area contributed by atoms with Gasteiger partial charge in [0, 0.05) is 16.8 Å². The summed E-state index contributed by atoms with van der Waals surface area (Å²) >= 11 is 1.57. The van der Waals surface area contributed by atoms with Crippen molar-refractivity contribution in [3.63, 3.8) is 0 Å². The fourth-order valence-electron chi connectivity index (χ4n) is 1.26. The number of hydrogen-bond donors (Lipinski definition) is 3. The Kier molecular flexibility index (Phi) is 4.06. The molecule has 0 radical (unpaired) electrons. The van der Waals surface area contributed by atoms with Gasteiger partial charge >= 0.3 is 0 Å². The lowest BCUT2D eigenvalue weighted by Gasteiger charge is -2.08. The topological polar surface area (TPSA) is 75.3 Å². The molecule has 5 nitrogen and oxygen atoms in total. The van der Waals surface area contributed by atoms with E-state index in [4.69, 9.17) is 5.84 Å². The van der Waals surface area contributed by atoms with E-state index in [1.807, 2.05) is 30.3 Å². The average molecular weight is 247 g/mol. The normalized spacial score (nSPS) is 11.2. The molecule has 0 saturated carbocycles. The van der Waals surface area contributed by atoms with Crippen molar-refractivity contribution in [2.45, 2.75) is 6.54 Å². The van der Waals surface area contributed by atoms with Gasteiger partial charge in [0.1, 0.15) is 0 Å². The van der Waals surface area contributed by atoms with Crippen molar-refractivity contribution in [2.75, 3.05) is 5.32 Å². The lowest BCUT2D eigenvalue weighted by atomic mass is 10.3. The quantitative estimate of drug-likeness (QED) is 0.333. The highest BCUT2D eigenvalue weighted by Crippen LogP contribution is 2.08. The molecule has 0 atom stereocenters. The van der Waals surface area contributed by atoms with Crippen molar-refractivity contribution in [3.05, 3.63) is 46.9 Å². The number of nitrogens with two attached hydrogens (primary N) is 1. The minimum atomic E-state index is 0.532. The van der Waals surface area contributed by atoms with E-state index in [0.717, 1.165) is 10.6 Å². The predicted octanol–water partition coefficient (Wildman–Crippen LogP) is 1.57. The maximum atomic E-state index is 5.40. The molecule has 0 aliphatic carbocycles. The number of hydrazine groups is 1. The van der Waals surface area contributed by atoms with Crippen molar-refractivity contribution < 1.29 is 0 Å².